The lowest BCUT2D eigenvalue weighted by molar-refractivity contribution is -0.139. The predicted octanol–water partition coefficient (Wildman–Crippen LogP) is 4.52. The van der Waals surface area contributed by atoms with Crippen LogP contribution in [-0.2, 0) is 17.6 Å². The molecule has 0 aliphatic heterocycles. The number of para-hydroxylation sites is 1. The van der Waals surface area contributed by atoms with Gasteiger partial charge in [0.15, 0.2) is 18.1 Å². The van der Waals surface area contributed by atoms with Gasteiger partial charge in [-0.15, -0.1) is 0 Å². The van der Waals surface area contributed by atoms with Crippen molar-refractivity contribution in [2.75, 3.05) is 18.5 Å². The topological polar surface area (TPSA) is 135 Å². The molecular weight excluding hydrogens is 470 g/mol. The fourth-order valence-electron chi connectivity index (χ4n) is 3.50. The summed E-state index contributed by atoms with van der Waals surface area (Å²) in [6.45, 7) is 1.75. The van der Waals surface area contributed by atoms with E-state index in [9.17, 15) is 9.59 Å². The van der Waals surface area contributed by atoms with Crippen LogP contribution in [0.5, 0.6) is 11.5 Å². The Kier molecular flexibility index (Phi) is 8.69. The van der Waals surface area contributed by atoms with Gasteiger partial charge in [-0.3, -0.25) is 10.2 Å². The lowest BCUT2D eigenvalue weighted by Crippen LogP contribution is -2.16. The van der Waals surface area contributed by atoms with E-state index >= 15 is 0 Å². The van der Waals surface area contributed by atoms with Crippen LogP contribution in [0.4, 0.5) is 5.69 Å². The van der Waals surface area contributed by atoms with Gasteiger partial charge in [0.2, 0.25) is 0 Å². The maximum absolute atomic E-state index is 13.1. The molecule has 0 aliphatic rings. The number of hydrogen-bond acceptors (Lipinski definition) is 5. The molecule has 0 aliphatic carbocycles. The van der Waals surface area contributed by atoms with Crippen molar-refractivity contribution in [3.8, 4) is 11.5 Å². The number of ether oxygens (including phenoxy) is 2. The summed E-state index contributed by atoms with van der Waals surface area (Å²) in [7, 11) is 0. The average molecular weight is 496 g/mol. The Morgan fingerprint density at radius 2 is 1.74 bits per heavy atom. The number of carboxylic acids is 1. The molecule has 3 aromatic carbocycles. The number of hydrogen-bond donors (Lipinski definition) is 4. The van der Waals surface area contributed by atoms with Crippen LogP contribution in [0.15, 0.2) is 60.7 Å². The number of rotatable bonds is 11. The van der Waals surface area contributed by atoms with E-state index in [0.717, 1.165) is 11.1 Å². The Morgan fingerprint density at radius 1 is 1.03 bits per heavy atom. The van der Waals surface area contributed by atoms with Crippen molar-refractivity contribution < 1.29 is 24.2 Å². The third-order valence-electron chi connectivity index (χ3n) is 5.13. The molecule has 0 heterocycles. The number of carbonyl (C=O) groups excluding carboxylic acids is 1. The second-order valence-electron chi connectivity index (χ2n) is 7.61. The van der Waals surface area contributed by atoms with Gasteiger partial charge in [0.05, 0.1) is 6.61 Å². The zero-order chi connectivity index (χ0) is 25.4. The first-order chi connectivity index (χ1) is 16.8. The van der Waals surface area contributed by atoms with Gasteiger partial charge in [-0.1, -0.05) is 29.8 Å². The van der Waals surface area contributed by atoms with Crippen LogP contribution in [-0.4, -0.2) is 36.0 Å². The predicted molar refractivity (Wildman–Crippen MR) is 135 cm³/mol. The van der Waals surface area contributed by atoms with Crippen molar-refractivity contribution in [3.05, 3.63) is 87.9 Å². The highest BCUT2D eigenvalue weighted by Gasteiger charge is 2.16. The van der Waals surface area contributed by atoms with Gasteiger partial charge in [-0.05, 0) is 73.4 Å². The summed E-state index contributed by atoms with van der Waals surface area (Å²) in [5.74, 6) is -0.629. The highest BCUT2D eigenvalue weighted by atomic mass is 35.5. The number of halogens is 1. The van der Waals surface area contributed by atoms with Gasteiger partial charge < -0.3 is 25.6 Å². The normalized spacial score (nSPS) is 10.5. The summed E-state index contributed by atoms with van der Waals surface area (Å²) in [6.07, 6.45) is 0.952. The number of benzene rings is 3. The molecule has 0 radical (unpaired) electrons. The maximum Gasteiger partial charge on any atom is 0.341 e. The van der Waals surface area contributed by atoms with E-state index in [2.05, 4.69) is 5.32 Å². The van der Waals surface area contributed by atoms with Crippen molar-refractivity contribution in [2.24, 2.45) is 5.73 Å². The van der Waals surface area contributed by atoms with E-state index in [0.29, 0.717) is 52.8 Å². The van der Waals surface area contributed by atoms with Crippen LogP contribution < -0.4 is 20.5 Å². The second kappa shape index (κ2) is 11.9. The average Bonchev–Trinajstić information content (AvgIpc) is 2.83. The van der Waals surface area contributed by atoms with E-state index in [1.54, 1.807) is 48.5 Å². The molecule has 3 aromatic rings. The number of nitrogens with two attached hydrogens (primary N) is 1. The van der Waals surface area contributed by atoms with Crippen molar-refractivity contribution in [3.63, 3.8) is 0 Å². The first-order valence-electron chi connectivity index (χ1n) is 10.9. The van der Waals surface area contributed by atoms with E-state index in [-0.39, 0.29) is 11.7 Å². The van der Waals surface area contributed by atoms with E-state index < -0.39 is 12.6 Å². The number of carbonyl (C=O) groups is 2. The van der Waals surface area contributed by atoms with E-state index in [1.807, 2.05) is 19.1 Å². The molecule has 182 valence electrons. The molecule has 0 fully saturated rings. The van der Waals surface area contributed by atoms with Crippen LogP contribution in [0, 0.1) is 5.41 Å². The first-order valence-corrected chi connectivity index (χ1v) is 11.3. The molecular formula is C26H26ClN3O5. The number of amidine groups is 1. The lowest BCUT2D eigenvalue weighted by atomic mass is 9.98. The summed E-state index contributed by atoms with van der Waals surface area (Å²) in [5, 5.41) is 19.8. The summed E-state index contributed by atoms with van der Waals surface area (Å²) >= 11 is 6.18. The molecule has 9 heteroatoms. The molecule has 5 N–H and O–H groups in total. The molecule has 8 nitrogen and oxygen atoms in total. The van der Waals surface area contributed by atoms with E-state index in [4.69, 9.17) is 37.3 Å². The third kappa shape index (κ3) is 6.97. The molecule has 0 unspecified atom stereocenters. The number of carboxylic acid groups (broad SMARTS) is 1. The number of nitrogen functional groups attached to an aromatic ring is 1. The first kappa shape index (κ1) is 25.6. The molecule has 0 bridgehead atoms. The fraction of sp³-hybridized carbons (Fsp3) is 0.192. The summed E-state index contributed by atoms with van der Waals surface area (Å²) in [4.78, 5) is 24.1. The Morgan fingerprint density at radius 3 is 2.40 bits per heavy atom. The van der Waals surface area contributed by atoms with Crippen molar-refractivity contribution in [1.82, 2.24) is 0 Å². The minimum Gasteiger partial charge on any atom is -0.490 e. The van der Waals surface area contributed by atoms with Crippen LogP contribution >= 0.6 is 11.6 Å². The number of aliphatic carboxylic acids is 1. The zero-order valence-corrected chi connectivity index (χ0v) is 19.9. The Balaban J connectivity index is 1.82. The van der Waals surface area contributed by atoms with Gasteiger partial charge in [0.1, 0.15) is 5.84 Å². The second-order valence-corrected chi connectivity index (χ2v) is 8.04. The monoisotopic (exact) mass is 495 g/mol. The molecule has 3 rings (SSSR count). The molecule has 0 saturated carbocycles. The Hall–Kier alpha value is -4.04. The smallest absolute Gasteiger partial charge is 0.341 e. The molecule has 0 atom stereocenters. The largest absolute Gasteiger partial charge is 0.490 e. The minimum absolute atomic E-state index is 0.0555. The van der Waals surface area contributed by atoms with Gasteiger partial charge in [-0.2, -0.15) is 0 Å². The van der Waals surface area contributed by atoms with Crippen LogP contribution in [0.3, 0.4) is 0 Å². The standard InChI is InChI=1S/C26H26ClN3O5/c1-2-34-22-5-3-4-17(24(22)35-15-23(31)32)7-6-16-8-11-19(27)14-21(16)26(33)30-20-12-9-18(10-13-20)25(28)29/h3-5,8-14H,2,6-7,15H2,1H3,(H3,28,29)(H,30,33)(H,31,32). The fourth-order valence-corrected chi connectivity index (χ4v) is 3.68. The maximum atomic E-state index is 13.1. The van der Waals surface area contributed by atoms with Gasteiger partial charge in [0.25, 0.3) is 5.91 Å². The molecule has 0 aromatic heterocycles. The number of amides is 1. The zero-order valence-electron chi connectivity index (χ0n) is 19.1. The highest BCUT2D eigenvalue weighted by Crippen LogP contribution is 2.33. The highest BCUT2D eigenvalue weighted by molar-refractivity contribution is 6.31. The Bertz CT molecular complexity index is 1230. The Labute approximate surface area is 208 Å². The van der Waals surface area contributed by atoms with Crippen LogP contribution in [0.2, 0.25) is 5.02 Å². The number of aryl methyl sites for hydroxylation is 2. The van der Waals surface area contributed by atoms with E-state index in [1.165, 1.54) is 0 Å². The van der Waals surface area contributed by atoms with Crippen LogP contribution in [0.1, 0.15) is 34.0 Å². The van der Waals surface area contributed by atoms with Gasteiger partial charge >= 0.3 is 5.97 Å². The quantitative estimate of drug-likeness (QED) is 0.228. The molecule has 35 heavy (non-hydrogen) atoms. The third-order valence-corrected chi connectivity index (χ3v) is 5.37. The summed E-state index contributed by atoms with van der Waals surface area (Å²) in [6, 6.07) is 17.1. The summed E-state index contributed by atoms with van der Waals surface area (Å²) in [5.41, 5.74) is 8.54. The molecule has 0 saturated heterocycles. The minimum atomic E-state index is -1.09. The number of nitrogens with one attached hydrogen (secondary N) is 2. The number of anilines is 1. The molecule has 1 amide bonds. The van der Waals surface area contributed by atoms with Crippen LogP contribution in [0.25, 0.3) is 0 Å². The molecule has 0 spiro atoms. The summed E-state index contributed by atoms with van der Waals surface area (Å²) < 4.78 is 11.1. The van der Waals surface area contributed by atoms with Crippen molar-refractivity contribution in [1.29, 1.82) is 5.41 Å². The van der Waals surface area contributed by atoms with Gasteiger partial charge in [-0.25, -0.2) is 4.79 Å². The SMILES string of the molecule is CCOc1cccc(CCc2ccc(Cl)cc2C(=O)Nc2ccc(C(=N)N)cc2)c1OCC(=O)O. The van der Waals surface area contributed by atoms with Gasteiger partial charge in [0, 0.05) is 21.8 Å². The lowest BCUT2D eigenvalue weighted by Gasteiger charge is -2.16. The van der Waals surface area contributed by atoms with Crippen molar-refractivity contribution >= 4 is 35.0 Å². The van der Waals surface area contributed by atoms with Crippen molar-refractivity contribution in [2.45, 2.75) is 19.8 Å².